The molecule has 0 aromatic rings. The maximum atomic E-state index is 7.76. The van der Waals surface area contributed by atoms with E-state index in [0.29, 0.717) is 5.76 Å². The summed E-state index contributed by atoms with van der Waals surface area (Å²) in [7, 11) is 0. The average Bonchev–Trinajstić information content (AvgIpc) is 2.12. The molecule has 1 heterocycles. The van der Waals surface area contributed by atoms with Gasteiger partial charge in [-0.1, -0.05) is 0 Å². The Labute approximate surface area is 29.3 Å². The average molecular weight is 67.0 g/mol. The van der Waals surface area contributed by atoms with Crippen molar-refractivity contribution in [2.24, 2.45) is 0 Å². The number of rotatable bonds is 0. The second kappa shape index (κ2) is 0.494. The number of nitrogens with zero attached hydrogens (tertiary/aromatic N) is 1. The zero-order valence-corrected chi connectivity index (χ0v) is 2.43. The van der Waals surface area contributed by atoms with Gasteiger partial charge in [0.2, 0.25) is 5.76 Å². The van der Waals surface area contributed by atoms with Gasteiger partial charge in [-0.2, -0.15) is 5.26 Å². The number of hydrogen-bond donors (Lipinski definition) is 0. The summed E-state index contributed by atoms with van der Waals surface area (Å²) >= 11 is 0. The standard InChI is InChI=1S/C3HNO/c4-1-3-2-5-3/h2H. The van der Waals surface area contributed by atoms with E-state index in [-0.39, 0.29) is 0 Å². The lowest BCUT2D eigenvalue weighted by Crippen LogP contribution is -1.42. The normalized spacial score (nSPS) is 14.6. The first-order chi connectivity index (χ1) is 2.43. The topological polar surface area (TPSA) is 36.3 Å². The summed E-state index contributed by atoms with van der Waals surface area (Å²) in [4.78, 5) is 0. The molecule has 0 saturated carbocycles. The molecule has 0 fully saturated rings. The van der Waals surface area contributed by atoms with Crippen LogP contribution >= 0.6 is 0 Å². The van der Waals surface area contributed by atoms with Crippen LogP contribution in [0.5, 0.6) is 0 Å². The Balaban J connectivity index is 2.59. The minimum absolute atomic E-state index is 0.435. The molecule has 5 heavy (non-hydrogen) atoms. The molecule has 1 aliphatic heterocycles. The Morgan fingerprint density at radius 2 is 2.60 bits per heavy atom. The lowest BCUT2D eigenvalue weighted by Gasteiger charge is -1.50. The van der Waals surface area contributed by atoms with E-state index in [0.717, 1.165) is 0 Å². The summed E-state index contributed by atoms with van der Waals surface area (Å²) < 4.78 is 4.29. The SMILES string of the molecule is N#CC1=CO1. The van der Waals surface area contributed by atoms with Crippen LogP contribution in [0.2, 0.25) is 0 Å². The maximum Gasteiger partial charge on any atom is 0.238 e. The van der Waals surface area contributed by atoms with Crippen molar-refractivity contribution in [1.29, 1.82) is 5.26 Å². The largest absolute Gasteiger partial charge is 0.446 e. The summed E-state index contributed by atoms with van der Waals surface area (Å²) in [5, 5.41) is 7.76. The van der Waals surface area contributed by atoms with Gasteiger partial charge in [-0.25, -0.2) is 0 Å². The maximum absolute atomic E-state index is 7.76. The van der Waals surface area contributed by atoms with Gasteiger partial charge in [-0.05, 0) is 0 Å². The van der Waals surface area contributed by atoms with Crippen molar-refractivity contribution in [2.75, 3.05) is 0 Å². The fraction of sp³-hybridized carbons (Fsp3) is 0. The molecule has 0 amide bonds. The van der Waals surface area contributed by atoms with E-state index in [9.17, 15) is 0 Å². The van der Waals surface area contributed by atoms with Crippen LogP contribution in [0.15, 0.2) is 12.0 Å². The quantitative estimate of drug-likeness (QED) is 0.410. The van der Waals surface area contributed by atoms with Crippen molar-refractivity contribution in [2.45, 2.75) is 0 Å². The predicted octanol–water partition coefficient (Wildman–Crippen LogP) is 0.382. The monoisotopic (exact) mass is 67.0 g/mol. The van der Waals surface area contributed by atoms with Crippen molar-refractivity contribution < 1.29 is 4.74 Å². The van der Waals surface area contributed by atoms with Gasteiger partial charge < -0.3 is 4.74 Å². The Kier molecular flexibility index (Phi) is 0.225. The molecule has 0 aromatic heterocycles. The molecule has 1 aliphatic rings. The molecule has 24 valence electrons. The molecule has 0 unspecified atom stereocenters. The highest BCUT2D eigenvalue weighted by Gasteiger charge is 2.04. The molecule has 0 saturated heterocycles. The van der Waals surface area contributed by atoms with Crippen LogP contribution in [-0.4, -0.2) is 0 Å². The minimum Gasteiger partial charge on any atom is -0.446 e. The van der Waals surface area contributed by atoms with Gasteiger partial charge >= 0.3 is 0 Å². The fourth-order valence-corrected chi connectivity index (χ4v) is 0.0822. The first-order valence-corrected chi connectivity index (χ1v) is 1.20. The van der Waals surface area contributed by atoms with Gasteiger partial charge in [0.05, 0.1) is 0 Å². The van der Waals surface area contributed by atoms with E-state index in [2.05, 4.69) is 4.74 Å². The van der Waals surface area contributed by atoms with Crippen LogP contribution in [0, 0.1) is 11.3 Å². The predicted molar refractivity (Wildman–Crippen MR) is 14.8 cm³/mol. The summed E-state index contributed by atoms with van der Waals surface area (Å²) in [6.45, 7) is 0. The molecule has 0 aromatic carbocycles. The Morgan fingerprint density at radius 3 is 2.60 bits per heavy atom. The highest BCUT2D eigenvalue weighted by Crippen LogP contribution is 2.08. The Bertz CT molecular complexity index is 109. The Hall–Kier alpha value is -0.970. The Morgan fingerprint density at radius 1 is 2.00 bits per heavy atom. The van der Waals surface area contributed by atoms with Crippen molar-refractivity contribution in [3.63, 3.8) is 0 Å². The van der Waals surface area contributed by atoms with Crippen LogP contribution in [0.4, 0.5) is 0 Å². The van der Waals surface area contributed by atoms with E-state index in [1.807, 2.05) is 0 Å². The van der Waals surface area contributed by atoms with Gasteiger partial charge in [-0.15, -0.1) is 0 Å². The molecule has 0 bridgehead atoms. The van der Waals surface area contributed by atoms with Crippen molar-refractivity contribution in [1.82, 2.24) is 0 Å². The first-order valence-electron chi connectivity index (χ1n) is 1.20. The van der Waals surface area contributed by atoms with Gasteiger partial charge in [0.1, 0.15) is 12.3 Å². The smallest absolute Gasteiger partial charge is 0.238 e. The third-order valence-electron chi connectivity index (χ3n) is 0.346. The molecule has 0 atom stereocenters. The number of ether oxygens (including phenoxy) is 1. The van der Waals surface area contributed by atoms with Gasteiger partial charge in [0.15, 0.2) is 0 Å². The molecule has 0 aliphatic carbocycles. The zero-order valence-electron chi connectivity index (χ0n) is 2.43. The van der Waals surface area contributed by atoms with Crippen molar-refractivity contribution >= 4 is 0 Å². The van der Waals surface area contributed by atoms with E-state index in [1.165, 1.54) is 6.26 Å². The number of allylic oxidation sites excluding steroid dienone is 1. The molecule has 2 heteroatoms. The minimum atomic E-state index is 0.435. The number of nitriles is 1. The molecular weight excluding hydrogens is 66.0 g/mol. The van der Waals surface area contributed by atoms with Crippen LogP contribution in [0.3, 0.4) is 0 Å². The van der Waals surface area contributed by atoms with E-state index < -0.39 is 0 Å². The molecular formula is C3HNO. The molecule has 2 nitrogen and oxygen atoms in total. The van der Waals surface area contributed by atoms with E-state index >= 15 is 0 Å². The third-order valence-corrected chi connectivity index (χ3v) is 0.346. The van der Waals surface area contributed by atoms with Crippen molar-refractivity contribution in [3.05, 3.63) is 12.0 Å². The lowest BCUT2D eigenvalue weighted by atomic mass is 10.7. The van der Waals surface area contributed by atoms with Crippen LogP contribution in [0.25, 0.3) is 0 Å². The van der Waals surface area contributed by atoms with Gasteiger partial charge in [0.25, 0.3) is 0 Å². The second-order valence-corrected chi connectivity index (χ2v) is 0.712. The second-order valence-electron chi connectivity index (χ2n) is 0.712. The van der Waals surface area contributed by atoms with Crippen LogP contribution in [-0.2, 0) is 4.74 Å². The highest BCUT2D eigenvalue weighted by atomic mass is 16.5. The lowest BCUT2D eigenvalue weighted by molar-refractivity contribution is 0.518. The summed E-state index contributed by atoms with van der Waals surface area (Å²) in [6, 6.07) is 1.78. The van der Waals surface area contributed by atoms with Crippen LogP contribution < -0.4 is 0 Å². The highest BCUT2D eigenvalue weighted by molar-refractivity contribution is 5.20. The van der Waals surface area contributed by atoms with Gasteiger partial charge in [0, 0.05) is 0 Å². The zero-order chi connectivity index (χ0) is 3.70. The van der Waals surface area contributed by atoms with Crippen LogP contribution in [0.1, 0.15) is 0 Å². The fourth-order valence-electron chi connectivity index (χ4n) is 0.0822. The molecule has 0 radical (unpaired) electrons. The van der Waals surface area contributed by atoms with E-state index in [4.69, 9.17) is 5.26 Å². The van der Waals surface area contributed by atoms with Gasteiger partial charge in [-0.3, -0.25) is 0 Å². The molecule has 0 N–H and O–H groups in total. The summed E-state index contributed by atoms with van der Waals surface area (Å²) in [6.07, 6.45) is 1.40. The third kappa shape index (κ3) is 0.198. The molecule has 0 spiro atoms. The first kappa shape index (κ1) is 2.28. The molecule has 1 rings (SSSR count). The summed E-state index contributed by atoms with van der Waals surface area (Å²) in [5.74, 6) is 0.435. The van der Waals surface area contributed by atoms with E-state index in [1.54, 1.807) is 6.07 Å². The summed E-state index contributed by atoms with van der Waals surface area (Å²) in [5.41, 5.74) is 0. The number of hydrogen-bond acceptors (Lipinski definition) is 2. The van der Waals surface area contributed by atoms with Crippen molar-refractivity contribution in [3.8, 4) is 6.07 Å².